The van der Waals surface area contributed by atoms with Gasteiger partial charge in [0.25, 0.3) is 0 Å². The van der Waals surface area contributed by atoms with E-state index in [1.807, 2.05) is 48.5 Å². The normalized spacial score (nSPS) is 10.8. The monoisotopic (exact) mass is 300 g/mol. The molecule has 0 aliphatic carbocycles. The summed E-state index contributed by atoms with van der Waals surface area (Å²) in [5.41, 5.74) is 10.6. The first kappa shape index (κ1) is 13.3. The molecule has 0 saturated heterocycles. The van der Waals surface area contributed by atoms with Crippen LogP contribution in [0.3, 0.4) is 0 Å². The molecule has 1 aromatic carbocycles. The van der Waals surface area contributed by atoms with Crippen molar-refractivity contribution in [2.45, 2.75) is 0 Å². The van der Waals surface area contributed by atoms with E-state index < -0.39 is 0 Å². The Morgan fingerprint density at radius 2 is 1.78 bits per heavy atom. The SMILES string of the molecule is Nc1[nH+]cnc2ccc(-c3cccnc3-c3ccccn3)cc12. The molecule has 0 aliphatic heterocycles. The van der Waals surface area contributed by atoms with Gasteiger partial charge in [-0.2, -0.15) is 0 Å². The maximum absolute atomic E-state index is 6.03. The van der Waals surface area contributed by atoms with Gasteiger partial charge in [0, 0.05) is 18.0 Å². The lowest BCUT2D eigenvalue weighted by Crippen LogP contribution is -2.10. The molecule has 4 rings (SSSR count). The number of pyridine rings is 2. The van der Waals surface area contributed by atoms with Gasteiger partial charge < -0.3 is 5.73 Å². The number of fused-ring (bicyclic) bond motifs is 1. The third-order valence-corrected chi connectivity index (χ3v) is 3.74. The summed E-state index contributed by atoms with van der Waals surface area (Å²) in [4.78, 5) is 16.2. The van der Waals surface area contributed by atoms with E-state index in [1.54, 1.807) is 18.7 Å². The zero-order valence-corrected chi connectivity index (χ0v) is 12.3. The lowest BCUT2D eigenvalue weighted by atomic mass is 10.0. The Morgan fingerprint density at radius 1 is 0.870 bits per heavy atom. The van der Waals surface area contributed by atoms with Gasteiger partial charge in [0.2, 0.25) is 12.1 Å². The first-order chi connectivity index (χ1) is 11.3. The molecular weight excluding hydrogens is 286 g/mol. The van der Waals surface area contributed by atoms with Crippen molar-refractivity contribution in [1.29, 1.82) is 0 Å². The Balaban J connectivity index is 1.94. The molecular formula is C18H14N5+. The average Bonchev–Trinajstić information content (AvgIpc) is 2.63. The molecule has 0 fully saturated rings. The lowest BCUT2D eigenvalue weighted by molar-refractivity contribution is -0.363. The first-order valence-corrected chi connectivity index (χ1v) is 7.25. The Morgan fingerprint density at radius 3 is 2.65 bits per heavy atom. The molecule has 3 aromatic heterocycles. The van der Waals surface area contributed by atoms with Crippen molar-refractivity contribution in [3.63, 3.8) is 0 Å². The number of hydrogen-bond donors (Lipinski definition) is 1. The van der Waals surface area contributed by atoms with Crippen molar-refractivity contribution in [1.82, 2.24) is 15.0 Å². The molecule has 0 atom stereocenters. The van der Waals surface area contributed by atoms with Gasteiger partial charge in [-0.25, -0.2) is 4.98 Å². The summed E-state index contributed by atoms with van der Waals surface area (Å²) in [6.45, 7) is 0. The standard InChI is InChI=1S/C18H13N5/c19-18-14-10-12(6-7-15(14)22-11-23-18)13-4-3-9-21-17(13)16-5-1-2-8-20-16/h1-11H,(H2,19,22,23)/p+1. The lowest BCUT2D eigenvalue weighted by Gasteiger charge is -2.08. The van der Waals surface area contributed by atoms with Crippen LogP contribution in [0.5, 0.6) is 0 Å². The minimum absolute atomic E-state index is 0.597. The smallest absolute Gasteiger partial charge is 0.227 e. The molecule has 0 saturated carbocycles. The van der Waals surface area contributed by atoms with Gasteiger partial charge in [0.1, 0.15) is 0 Å². The maximum Gasteiger partial charge on any atom is 0.227 e. The molecule has 23 heavy (non-hydrogen) atoms. The predicted molar refractivity (Wildman–Crippen MR) is 89.2 cm³/mol. The number of benzene rings is 1. The van der Waals surface area contributed by atoms with E-state index in [9.17, 15) is 0 Å². The molecule has 0 spiro atoms. The summed E-state index contributed by atoms with van der Waals surface area (Å²) in [6, 6.07) is 15.8. The van der Waals surface area contributed by atoms with Crippen LogP contribution in [-0.4, -0.2) is 15.0 Å². The molecule has 110 valence electrons. The molecule has 0 bridgehead atoms. The molecule has 5 nitrogen and oxygen atoms in total. The Bertz CT molecular complexity index is 983. The summed E-state index contributed by atoms with van der Waals surface area (Å²) in [5, 5.41) is 0.890. The molecule has 4 aromatic rings. The van der Waals surface area contributed by atoms with Crippen LogP contribution in [0.15, 0.2) is 67.3 Å². The van der Waals surface area contributed by atoms with Crippen molar-refractivity contribution < 1.29 is 4.98 Å². The van der Waals surface area contributed by atoms with E-state index in [-0.39, 0.29) is 0 Å². The number of anilines is 1. The number of aromatic amines is 1. The number of nitrogens with one attached hydrogen (secondary N) is 1. The van der Waals surface area contributed by atoms with E-state index in [4.69, 9.17) is 5.73 Å². The van der Waals surface area contributed by atoms with E-state index in [0.29, 0.717) is 5.82 Å². The number of nitrogens with zero attached hydrogens (tertiary/aromatic N) is 3. The second-order valence-electron chi connectivity index (χ2n) is 5.16. The Labute approximate surface area is 132 Å². The number of nitrogen functional groups attached to an aromatic ring is 1. The van der Waals surface area contributed by atoms with Gasteiger partial charge in [-0.1, -0.05) is 18.2 Å². The second-order valence-corrected chi connectivity index (χ2v) is 5.16. The van der Waals surface area contributed by atoms with E-state index in [2.05, 4.69) is 19.9 Å². The zero-order valence-electron chi connectivity index (χ0n) is 12.3. The molecule has 0 amide bonds. The van der Waals surface area contributed by atoms with E-state index >= 15 is 0 Å². The largest absolute Gasteiger partial charge is 0.318 e. The topological polar surface area (TPSA) is 78.8 Å². The van der Waals surface area contributed by atoms with E-state index in [1.165, 1.54) is 0 Å². The first-order valence-electron chi connectivity index (χ1n) is 7.25. The fraction of sp³-hybridized carbons (Fsp3) is 0. The van der Waals surface area contributed by atoms with Crippen LogP contribution in [-0.2, 0) is 0 Å². The minimum atomic E-state index is 0.597. The van der Waals surface area contributed by atoms with Gasteiger partial charge in [-0.3, -0.25) is 9.97 Å². The van der Waals surface area contributed by atoms with Crippen molar-refractivity contribution in [3.8, 4) is 22.5 Å². The fourth-order valence-corrected chi connectivity index (χ4v) is 2.63. The molecule has 3 N–H and O–H groups in total. The van der Waals surface area contributed by atoms with Gasteiger partial charge >= 0.3 is 0 Å². The molecule has 0 radical (unpaired) electrons. The number of rotatable bonds is 2. The van der Waals surface area contributed by atoms with Crippen LogP contribution < -0.4 is 10.7 Å². The summed E-state index contributed by atoms with van der Waals surface area (Å²) < 4.78 is 0. The summed E-state index contributed by atoms with van der Waals surface area (Å²) in [7, 11) is 0. The van der Waals surface area contributed by atoms with Gasteiger partial charge in [-0.15, -0.1) is 4.98 Å². The predicted octanol–water partition coefficient (Wildman–Crippen LogP) is 2.76. The van der Waals surface area contributed by atoms with Crippen molar-refractivity contribution in [2.75, 3.05) is 5.73 Å². The molecule has 0 aliphatic rings. The second kappa shape index (κ2) is 5.46. The van der Waals surface area contributed by atoms with E-state index in [0.717, 1.165) is 33.4 Å². The summed E-state index contributed by atoms with van der Waals surface area (Å²) in [5.74, 6) is 0.597. The maximum atomic E-state index is 6.03. The van der Waals surface area contributed by atoms with Gasteiger partial charge in [0.05, 0.1) is 16.8 Å². The number of hydrogen-bond acceptors (Lipinski definition) is 4. The molecule has 0 unspecified atom stereocenters. The van der Waals surface area contributed by atoms with Gasteiger partial charge in [-0.05, 0) is 35.9 Å². The van der Waals surface area contributed by atoms with Crippen molar-refractivity contribution >= 4 is 16.7 Å². The highest BCUT2D eigenvalue weighted by molar-refractivity contribution is 5.92. The minimum Gasteiger partial charge on any atom is -0.318 e. The number of aromatic nitrogens is 4. The summed E-state index contributed by atoms with van der Waals surface area (Å²) in [6.07, 6.45) is 5.14. The van der Waals surface area contributed by atoms with Crippen LogP contribution in [0, 0.1) is 0 Å². The van der Waals surface area contributed by atoms with Crippen LogP contribution in [0.4, 0.5) is 5.82 Å². The zero-order chi connectivity index (χ0) is 15.6. The molecule has 5 heteroatoms. The van der Waals surface area contributed by atoms with Crippen LogP contribution >= 0.6 is 0 Å². The van der Waals surface area contributed by atoms with Crippen LogP contribution in [0.25, 0.3) is 33.4 Å². The summed E-state index contributed by atoms with van der Waals surface area (Å²) >= 11 is 0. The quantitative estimate of drug-likeness (QED) is 0.617. The molecule has 3 heterocycles. The Hall–Kier alpha value is -3.34. The van der Waals surface area contributed by atoms with Crippen molar-refractivity contribution in [3.05, 3.63) is 67.3 Å². The van der Waals surface area contributed by atoms with Crippen LogP contribution in [0.2, 0.25) is 0 Å². The highest BCUT2D eigenvalue weighted by Crippen LogP contribution is 2.31. The van der Waals surface area contributed by atoms with Crippen molar-refractivity contribution in [2.24, 2.45) is 0 Å². The third kappa shape index (κ3) is 2.38. The third-order valence-electron chi connectivity index (χ3n) is 3.74. The number of nitrogens with two attached hydrogens (primary N) is 1. The highest BCUT2D eigenvalue weighted by atomic mass is 14.9. The van der Waals surface area contributed by atoms with Crippen LogP contribution in [0.1, 0.15) is 0 Å². The number of H-pyrrole nitrogens is 1. The Kier molecular flexibility index (Phi) is 3.16. The van der Waals surface area contributed by atoms with Gasteiger partial charge in [0.15, 0.2) is 5.52 Å². The fourth-order valence-electron chi connectivity index (χ4n) is 2.63. The highest BCUT2D eigenvalue weighted by Gasteiger charge is 2.12. The average molecular weight is 300 g/mol.